The number of guanidine groups is 1. The third-order valence-electron chi connectivity index (χ3n) is 4.20. The van der Waals surface area contributed by atoms with Crippen LogP contribution in [0.4, 0.5) is 0 Å². The van der Waals surface area contributed by atoms with Crippen LogP contribution in [0, 0.1) is 0 Å². The van der Waals surface area contributed by atoms with Crippen LogP contribution >= 0.6 is 24.0 Å². The molecular formula is C17H29IN6O4. The number of halogens is 1. The van der Waals surface area contributed by atoms with Crippen LogP contribution in [0.3, 0.4) is 0 Å². The highest BCUT2D eigenvalue weighted by Crippen LogP contribution is 2.08. The Hall–Kier alpha value is -1.86. The number of hydrogen-bond donors (Lipinski definition) is 3. The average molecular weight is 508 g/mol. The van der Waals surface area contributed by atoms with Crippen LogP contribution in [-0.4, -0.2) is 87.6 Å². The molecule has 1 saturated heterocycles. The number of primary amides is 1. The topological polar surface area (TPSA) is 125 Å². The fourth-order valence-corrected chi connectivity index (χ4v) is 2.77. The molecule has 1 fully saturated rings. The van der Waals surface area contributed by atoms with E-state index in [-0.39, 0.29) is 35.6 Å². The zero-order valence-electron chi connectivity index (χ0n) is 16.3. The van der Waals surface area contributed by atoms with E-state index in [2.05, 4.69) is 25.4 Å². The molecule has 1 aliphatic heterocycles. The Morgan fingerprint density at radius 3 is 2.54 bits per heavy atom. The van der Waals surface area contributed by atoms with Gasteiger partial charge < -0.3 is 30.4 Å². The van der Waals surface area contributed by atoms with Gasteiger partial charge in [-0.3, -0.25) is 19.5 Å². The zero-order chi connectivity index (χ0) is 19.6. The number of carbonyl (C=O) groups excluding carboxylic acids is 2. The third kappa shape index (κ3) is 7.64. The highest BCUT2D eigenvalue weighted by atomic mass is 127. The highest BCUT2D eigenvalue weighted by molar-refractivity contribution is 14.0. The Balaban J connectivity index is 0.00000392. The van der Waals surface area contributed by atoms with Crippen LogP contribution in [0.15, 0.2) is 21.5 Å². The van der Waals surface area contributed by atoms with Gasteiger partial charge in [-0.1, -0.05) is 0 Å². The molecular weight excluding hydrogens is 479 g/mol. The number of carbonyl (C=O) groups is 2. The Kier molecular flexibility index (Phi) is 10.9. The maximum atomic E-state index is 11.9. The molecule has 0 aromatic carbocycles. The quantitative estimate of drug-likeness (QED) is 0.186. The first-order chi connectivity index (χ1) is 13.0. The smallest absolute Gasteiger partial charge is 0.284 e. The molecule has 10 nitrogen and oxygen atoms in total. The second-order valence-electron chi connectivity index (χ2n) is 6.14. The van der Waals surface area contributed by atoms with E-state index in [0.29, 0.717) is 32.0 Å². The van der Waals surface area contributed by atoms with Gasteiger partial charge in [0.05, 0.1) is 19.7 Å². The van der Waals surface area contributed by atoms with Crippen molar-refractivity contribution >= 4 is 41.8 Å². The number of nitrogens with two attached hydrogens (primary N) is 1. The molecule has 1 aromatic heterocycles. The minimum atomic E-state index is -0.590. The second-order valence-corrected chi connectivity index (χ2v) is 6.14. The molecule has 28 heavy (non-hydrogen) atoms. The molecule has 0 radical (unpaired) electrons. The fraction of sp³-hybridized carbons (Fsp3) is 0.588. The monoisotopic (exact) mass is 508 g/mol. The molecule has 11 heteroatoms. The maximum Gasteiger partial charge on any atom is 0.284 e. The van der Waals surface area contributed by atoms with E-state index in [1.807, 2.05) is 0 Å². The first kappa shape index (κ1) is 24.2. The summed E-state index contributed by atoms with van der Waals surface area (Å²) in [4.78, 5) is 31.5. The summed E-state index contributed by atoms with van der Waals surface area (Å²) >= 11 is 0. The lowest BCUT2D eigenvalue weighted by Gasteiger charge is -2.36. The molecule has 2 heterocycles. The number of amides is 2. The van der Waals surface area contributed by atoms with Crippen molar-refractivity contribution in [2.24, 2.45) is 10.7 Å². The molecule has 0 atom stereocenters. The van der Waals surface area contributed by atoms with E-state index < -0.39 is 5.91 Å². The number of methoxy groups -OCH3 is 1. The van der Waals surface area contributed by atoms with E-state index in [1.165, 1.54) is 0 Å². The molecule has 4 N–H and O–H groups in total. The first-order valence-electron chi connectivity index (χ1n) is 8.85. The molecule has 1 aliphatic rings. The lowest BCUT2D eigenvalue weighted by atomic mass is 10.3. The standard InChI is InChI=1S/C17H28N6O4.HI/c1-19-17(21-11-13-3-4-14(27-13)16(18)25)23-8-6-22(7-9-23)12-15(24)20-5-10-26-2;/h3-4H,5-12H2,1-2H3,(H2,18,25)(H,19,21)(H,20,24);1H. The number of piperazine rings is 1. The molecule has 158 valence electrons. The van der Waals surface area contributed by atoms with E-state index in [0.717, 1.165) is 32.1 Å². The summed E-state index contributed by atoms with van der Waals surface area (Å²) in [6.45, 7) is 4.88. The maximum absolute atomic E-state index is 11.9. The fourth-order valence-electron chi connectivity index (χ4n) is 2.77. The summed E-state index contributed by atoms with van der Waals surface area (Å²) in [5.41, 5.74) is 5.18. The van der Waals surface area contributed by atoms with Gasteiger partial charge in [0.15, 0.2) is 11.7 Å². The molecule has 2 rings (SSSR count). The minimum absolute atomic E-state index is 0. The number of ether oxygens (including phenoxy) is 1. The van der Waals surface area contributed by atoms with Gasteiger partial charge in [0.1, 0.15) is 5.76 Å². The van der Waals surface area contributed by atoms with Crippen molar-refractivity contribution < 1.29 is 18.7 Å². The van der Waals surface area contributed by atoms with Crippen molar-refractivity contribution in [2.75, 3.05) is 60.0 Å². The third-order valence-corrected chi connectivity index (χ3v) is 4.20. The van der Waals surface area contributed by atoms with Gasteiger partial charge in [-0.2, -0.15) is 0 Å². The van der Waals surface area contributed by atoms with Crippen molar-refractivity contribution in [3.63, 3.8) is 0 Å². The van der Waals surface area contributed by atoms with Gasteiger partial charge >= 0.3 is 0 Å². The minimum Gasteiger partial charge on any atom is -0.454 e. The van der Waals surface area contributed by atoms with Gasteiger partial charge in [-0.25, -0.2) is 0 Å². The molecule has 0 unspecified atom stereocenters. The lowest BCUT2D eigenvalue weighted by molar-refractivity contribution is -0.122. The summed E-state index contributed by atoms with van der Waals surface area (Å²) in [6, 6.07) is 3.26. The Morgan fingerprint density at radius 1 is 1.25 bits per heavy atom. The van der Waals surface area contributed by atoms with Crippen molar-refractivity contribution in [2.45, 2.75) is 6.54 Å². The van der Waals surface area contributed by atoms with E-state index in [1.54, 1.807) is 26.3 Å². The summed E-state index contributed by atoms with van der Waals surface area (Å²) < 4.78 is 10.3. The number of furan rings is 1. The Bertz CT molecular complexity index is 658. The summed E-state index contributed by atoms with van der Waals surface area (Å²) in [5, 5.41) is 6.04. The largest absolute Gasteiger partial charge is 0.454 e. The number of rotatable bonds is 8. The Labute approximate surface area is 181 Å². The average Bonchev–Trinajstić information content (AvgIpc) is 3.13. The number of nitrogens with zero attached hydrogens (tertiary/aromatic N) is 3. The van der Waals surface area contributed by atoms with E-state index in [9.17, 15) is 9.59 Å². The molecule has 0 spiro atoms. The van der Waals surface area contributed by atoms with E-state index >= 15 is 0 Å². The predicted molar refractivity (Wildman–Crippen MR) is 116 cm³/mol. The Morgan fingerprint density at radius 2 is 1.96 bits per heavy atom. The summed E-state index contributed by atoms with van der Waals surface area (Å²) in [7, 11) is 3.32. The van der Waals surface area contributed by atoms with E-state index in [4.69, 9.17) is 14.9 Å². The summed E-state index contributed by atoms with van der Waals surface area (Å²) in [6.07, 6.45) is 0. The predicted octanol–water partition coefficient (Wildman–Crippen LogP) is -0.548. The van der Waals surface area contributed by atoms with Crippen molar-refractivity contribution in [1.82, 2.24) is 20.4 Å². The van der Waals surface area contributed by atoms with Crippen molar-refractivity contribution in [1.29, 1.82) is 0 Å². The normalized spacial score (nSPS) is 15.1. The molecule has 0 saturated carbocycles. The van der Waals surface area contributed by atoms with Crippen molar-refractivity contribution in [3.8, 4) is 0 Å². The first-order valence-corrected chi connectivity index (χ1v) is 8.85. The van der Waals surface area contributed by atoms with Crippen LogP contribution in [0.5, 0.6) is 0 Å². The lowest BCUT2D eigenvalue weighted by Crippen LogP contribution is -2.54. The highest BCUT2D eigenvalue weighted by Gasteiger charge is 2.21. The second kappa shape index (κ2) is 12.6. The van der Waals surface area contributed by atoms with Crippen molar-refractivity contribution in [3.05, 3.63) is 23.7 Å². The van der Waals surface area contributed by atoms with Gasteiger partial charge in [-0.05, 0) is 12.1 Å². The van der Waals surface area contributed by atoms with Gasteiger partial charge in [0.25, 0.3) is 5.91 Å². The molecule has 1 aromatic rings. The van der Waals surface area contributed by atoms with Gasteiger partial charge in [0, 0.05) is 46.9 Å². The molecule has 2 amide bonds. The number of hydrogen-bond acceptors (Lipinski definition) is 6. The zero-order valence-corrected chi connectivity index (χ0v) is 18.6. The molecule has 0 bridgehead atoms. The van der Waals surface area contributed by atoms with Crippen LogP contribution in [-0.2, 0) is 16.1 Å². The number of aliphatic imine (C=N–C) groups is 1. The SMILES string of the molecule is CN=C(NCc1ccc(C(N)=O)o1)N1CCN(CC(=O)NCCOC)CC1.I. The summed E-state index contributed by atoms with van der Waals surface area (Å²) in [5.74, 6) is 0.908. The number of nitrogens with one attached hydrogen (secondary N) is 2. The van der Waals surface area contributed by atoms with Gasteiger partial charge in [0.2, 0.25) is 5.91 Å². The van der Waals surface area contributed by atoms with Gasteiger partial charge in [-0.15, -0.1) is 24.0 Å². The van der Waals surface area contributed by atoms with Crippen LogP contribution in [0.1, 0.15) is 16.3 Å². The van der Waals surface area contributed by atoms with Crippen LogP contribution < -0.4 is 16.4 Å². The van der Waals surface area contributed by atoms with Crippen LogP contribution in [0.25, 0.3) is 0 Å². The van der Waals surface area contributed by atoms with Crippen LogP contribution in [0.2, 0.25) is 0 Å². The molecule has 0 aliphatic carbocycles.